The molecular weight excluding hydrogens is 464 g/mol. The zero-order valence-electron chi connectivity index (χ0n) is 20.1. The van der Waals surface area contributed by atoms with Gasteiger partial charge in [-0.25, -0.2) is 9.59 Å². The minimum Gasteiger partial charge on any atom is -0.463 e. The van der Waals surface area contributed by atoms with Gasteiger partial charge in [-0.3, -0.25) is 9.59 Å². The summed E-state index contributed by atoms with van der Waals surface area (Å²) in [6, 6.07) is 15.1. The lowest BCUT2D eigenvalue weighted by Gasteiger charge is -2.25. The monoisotopic (exact) mass is 494 g/mol. The summed E-state index contributed by atoms with van der Waals surface area (Å²) >= 11 is 0. The van der Waals surface area contributed by atoms with Gasteiger partial charge in [0.05, 0.1) is 30.6 Å². The molecule has 0 heterocycles. The number of carbonyl (C=O) groups excluding carboxylic acids is 4. The van der Waals surface area contributed by atoms with Crippen LogP contribution in [-0.2, 0) is 23.9 Å². The molecule has 1 saturated carbocycles. The third-order valence-electron chi connectivity index (χ3n) is 5.85. The molecule has 0 N–H and O–H groups in total. The Balaban J connectivity index is 1.36. The molecule has 0 radical (unpaired) electrons. The first-order valence-electron chi connectivity index (χ1n) is 12.0. The molecule has 0 bridgehead atoms. The standard InChI is InChI=1S/C28H30O8/c1-2-25(29)33-18-6-7-19-34-26(30)20-14-16-24(17-15-20)36-28(32)22-12-10-21(11-13-22)27(31)35-23-8-4-3-5-9-23/h2-5,8-9,14-17,21-22H,1,6-7,10-13,18-19H2. The van der Waals surface area contributed by atoms with Crippen LogP contribution in [0.2, 0.25) is 0 Å². The first-order chi connectivity index (χ1) is 17.5. The third-order valence-corrected chi connectivity index (χ3v) is 5.85. The molecule has 1 fully saturated rings. The molecule has 8 heteroatoms. The second kappa shape index (κ2) is 13.8. The molecule has 2 aromatic carbocycles. The van der Waals surface area contributed by atoms with Crippen molar-refractivity contribution in [1.29, 1.82) is 0 Å². The van der Waals surface area contributed by atoms with E-state index in [-0.39, 0.29) is 37.0 Å². The third kappa shape index (κ3) is 8.37. The van der Waals surface area contributed by atoms with Crippen LogP contribution in [0.4, 0.5) is 0 Å². The van der Waals surface area contributed by atoms with Crippen molar-refractivity contribution in [3.8, 4) is 11.5 Å². The molecule has 36 heavy (non-hydrogen) atoms. The highest BCUT2D eigenvalue weighted by atomic mass is 16.5. The summed E-state index contributed by atoms with van der Waals surface area (Å²) < 4.78 is 20.9. The molecule has 8 nitrogen and oxygen atoms in total. The summed E-state index contributed by atoms with van der Waals surface area (Å²) in [6.07, 6.45) is 4.43. The van der Waals surface area contributed by atoms with Crippen LogP contribution < -0.4 is 9.47 Å². The average molecular weight is 495 g/mol. The Kier molecular flexibility index (Phi) is 10.2. The number of para-hydroxylation sites is 1. The van der Waals surface area contributed by atoms with Crippen molar-refractivity contribution in [2.45, 2.75) is 38.5 Å². The predicted octanol–water partition coefficient (Wildman–Crippen LogP) is 4.67. The number of carbonyl (C=O) groups is 4. The van der Waals surface area contributed by atoms with Crippen LogP contribution in [0.5, 0.6) is 11.5 Å². The van der Waals surface area contributed by atoms with Gasteiger partial charge in [0.25, 0.3) is 0 Å². The van der Waals surface area contributed by atoms with Crippen molar-refractivity contribution in [1.82, 2.24) is 0 Å². The van der Waals surface area contributed by atoms with Crippen LogP contribution in [0, 0.1) is 11.8 Å². The van der Waals surface area contributed by atoms with E-state index in [1.165, 1.54) is 12.1 Å². The molecule has 0 unspecified atom stereocenters. The molecule has 0 aliphatic heterocycles. The topological polar surface area (TPSA) is 105 Å². The molecule has 1 aliphatic carbocycles. The predicted molar refractivity (Wildman–Crippen MR) is 130 cm³/mol. The summed E-state index contributed by atoms with van der Waals surface area (Å²) in [6.45, 7) is 3.75. The van der Waals surface area contributed by atoms with E-state index >= 15 is 0 Å². The molecule has 0 spiro atoms. The quantitative estimate of drug-likeness (QED) is 0.192. The Morgan fingerprint density at radius 3 is 1.75 bits per heavy atom. The molecular formula is C28H30O8. The highest BCUT2D eigenvalue weighted by Gasteiger charge is 2.32. The number of ether oxygens (including phenoxy) is 4. The largest absolute Gasteiger partial charge is 0.463 e. The van der Waals surface area contributed by atoms with Gasteiger partial charge in [0.1, 0.15) is 11.5 Å². The molecule has 0 atom stereocenters. The first-order valence-corrected chi connectivity index (χ1v) is 12.0. The number of esters is 4. The van der Waals surface area contributed by atoms with Gasteiger partial charge in [-0.05, 0) is 74.9 Å². The average Bonchev–Trinajstić information content (AvgIpc) is 2.91. The smallest absolute Gasteiger partial charge is 0.338 e. The Hall–Kier alpha value is -3.94. The Bertz CT molecular complexity index is 1040. The fraction of sp³-hybridized carbons (Fsp3) is 0.357. The van der Waals surface area contributed by atoms with Gasteiger partial charge >= 0.3 is 23.9 Å². The SMILES string of the molecule is C=CC(=O)OCCCCOC(=O)c1ccc(OC(=O)C2CCC(C(=O)Oc3ccccc3)CC2)cc1. The molecule has 0 saturated heterocycles. The zero-order valence-corrected chi connectivity index (χ0v) is 20.1. The summed E-state index contributed by atoms with van der Waals surface area (Å²) in [5, 5.41) is 0. The van der Waals surface area contributed by atoms with Crippen LogP contribution in [0.1, 0.15) is 48.9 Å². The van der Waals surface area contributed by atoms with Crippen LogP contribution in [-0.4, -0.2) is 37.1 Å². The van der Waals surface area contributed by atoms with Crippen molar-refractivity contribution in [2.24, 2.45) is 11.8 Å². The normalized spacial score (nSPS) is 16.9. The first kappa shape index (κ1) is 26.7. The van der Waals surface area contributed by atoms with Crippen LogP contribution in [0.25, 0.3) is 0 Å². The van der Waals surface area contributed by atoms with E-state index in [9.17, 15) is 19.2 Å². The molecule has 0 amide bonds. The molecule has 1 aliphatic rings. The summed E-state index contributed by atoms with van der Waals surface area (Å²) in [5.74, 6) is -1.26. The lowest BCUT2D eigenvalue weighted by Crippen LogP contribution is -2.30. The number of rotatable bonds is 11. The van der Waals surface area contributed by atoms with E-state index in [2.05, 4.69) is 6.58 Å². The van der Waals surface area contributed by atoms with Crippen molar-refractivity contribution in [3.05, 3.63) is 72.8 Å². The van der Waals surface area contributed by atoms with Gasteiger partial charge in [0.15, 0.2) is 0 Å². The number of hydrogen-bond acceptors (Lipinski definition) is 8. The molecule has 190 valence electrons. The maximum Gasteiger partial charge on any atom is 0.338 e. The summed E-state index contributed by atoms with van der Waals surface area (Å²) in [7, 11) is 0. The van der Waals surface area contributed by atoms with E-state index in [0.717, 1.165) is 6.08 Å². The van der Waals surface area contributed by atoms with Crippen LogP contribution in [0.15, 0.2) is 67.3 Å². The van der Waals surface area contributed by atoms with Gasteiger partial charge < -0.3 is 18.9 Å². The fourth-order valence-corrected chi connectivity index (χ4v) is 3.80. The van der Waals surface area contributed by atoms with Crippen molar-refractivity contribution in [2.75, 3.05) is 13.2 Å². The van der Waals surface area contributed by atoms with E-state index < -0.39 is 11.9 Å². The number of hydrogen-bond donors (Lipinski definition) is 0. The zero-order chi connectivity index (χ0) is 25.8. The Labute approximate surface area is 210 Å². The second-order valence-electron chi connectivity index (χ2n) is 8.44. The summed E-state index contributed by atoms with van der Waals surface area (Å²) in [5.41, 5.74) is 0.338. The number of benzene rings is 2. The van der Waals surface area contributed by atoms with Gasteiger partial charge in [-0.15, -0.1) is 0 Å². The van der Waals surface area contributed by atoms with E-state index in [1.807, 2.05) is 6.07 Å². The van der Waals surface area contributed by atoms with Gasteiger partial charge in [-0.2, -0.15) is 0 Å². The van der Waals surface area contributed by atoms with Gasteiger partial charge in [0, 0.05) is 6.08 Å². The van der Waals surface area contributed by atoms with E-state index in [0.29, 0.717) is 55.6 Å². The highest BCUT2D eigenvalue weighted by Crippen LogP contribution is 2.31. The van der Waals surface area contributed by atoms with E-state index in [1.54, 1.807) is 36.4 Å². The van der Waals surface area contributed by atoms with Gasteiger partial charge in [0.2, 0.25) is 0 Å². The van der Waals surface area contributed by atoms with Crippen LogP contribution in [0.3, 0.4) is 0 Å². The fourth-order valence-electron chi connectivity index (χ4n) is 3.80. The number of unbranched alkanes of at least 4 members (excludes halogenated alkanes) is 1. The maximum absolute atomic E-state index is 12.6. The van der Waals surface area contributed by atoms with E-state index in [4.69, 9.17) is 18.9 Å². The Morgan fingerprint density at radius 1 is 0.722 bits per heavy atom. The second-order valence-corrected chi connectivity index (χ2v) is 8.44. The minimum absolute atomic E-state index is 0.197. The lowest BCUT2D eigenvalue weighted by atomic mass is 9.82. The molecule has 0 aromatic heterocycles. The lowest BCUT2D eigenvalue weighted by molar-refractivity contribution is -0.145. The summed E-state index contributed by atoms with van der Waals surface area (Å²) in [4.78, 5) is 48.0. The van der Waals surface area contributed by atoms with Crippen molar-refractivity contribution in [3.63, 3.8) is 0 Å². The minimum atomic E-state index is -0.489. The van der Waals surface area contributed by atoms with Gasteiger partial charge in [-0.1, -0.05) is 24.8 Å². The van der Waals surface area contributed by atoms with Crippen LogP contribution >= 0.6 is 0 Å². The highest BCUT2D eigenvalue weighted by molar-refractivity contribution is 5.89. The maximum atomic E-state index is 12.6. The molecule has 2 aromatic rings. The Morgan fingerprint density at radius 2 is 1.22 bits per heavy atom. The van der Waals surface area contributed by atoms with Crippen molar-refractivity contribution >= 4 is 23.9 Å². The van der Waals surface area contributed by atoms with Crippen molar-refractivity contribution < 1.29 is 38.1 Å². The molecule has 3 rings (SSSR count).